The van der Waals surface area contributed by atoms with Gasteiger partial charge >= 0.3 is 0 Å². The van der Waals surface area contributed by atoms with Gasteiger partial charge in [-0.15, -0.1) is 0 Å². The van der Waals surface area contributed by atoms with E-state index in [9.17, 15) is 4.79 Å². The van der Waals surface area contributed by atoms with Gasteiger partial charge in [0.25, 0.3) is 0 Å². The number of rotatable bonds is 3. The second-order valence-corrected chi connectivity index (χ2v) is 10.0. The minimum absolute atomic E-state index is 0.0578. The van der Waals surface area contributed by atoms with Gasteiger partial charge in [-0.3, -0.25) is 4.79 Å². The van der Waals surface area contributed by atoms with E-state index in [-0.39, 0.29) is 16.7 Å². The normalized spacial score (nSPS) is 17.1. The summed E-state index contributed by atoms with van der Waals surface area (Å²) in [5.74, 6) is 1.27. The van der Waals surface area contributed by atoms with E-state index in [4.69, 9.17) is 4.74 Å². The van der Waals surface area contributed by atoms with Crippen LogP contribution in [0.3, 0.4) is 0 Å². The molecule has 27 heavy (non-hydrogen) atoms. The topological polar surface area (TPSA) is 26.3 Å². The molecular weight excluding hydrogens is 332 g/mol. The van der Waals surface area contributed by atoms with Crippen molar-refractivity contribution in [3.63, 3.8) is 0 Å². The van der Waals surface area contributed by atoms with Crippen LogP contribution < -0.4 is 4.74 Å². The van der Waals surface area contributed by atoms with E-state index in [1.165, 1.54) is 0 Å². The van der Waals surface area contributed by atoms with Crippen LogP contribution in [-0.4, -0.2) is 12.9 Å². The molecule has 0 aromatic heterocycles. The van der Waals surface area contributed by atoms with Crippen LogP contribution in [0.1, 0.15) is 69.4 Å². The molecule has 1 aliphatic rings. The lowest BCUT2D eigenvalue weighted by Gasteiger charge is -2.26. The summed E-state index contributed by atoms with van der Waals surface area (Å²) in [5, 5.41) is 0. The Kier molecular flexibility index (Phi) is 4.96. The van der Waals surface area contributed by atoms with E-state index in [1.807, 2.05) is 18.2 Å². The van der Waals surface area contributed by atoms with Crippen molar-refractivity contribution in [2.75, 3.05) is 7.11 Å². The monoisotopic (exact) mass is 364 g/mol. The zero-order valence-electron chi connectivity index (χ0n) is 17.8. The molecule has 0 spiro atoms. The summed E-state index contributed by atoms with van der Waals surface area (Å²) in [6.07, 6.45) is 1.71. The van der Waals surface area contributed by atoms with Gasteiger partial charge in [-0.1, -0.05) is 71.9 Å². The van der Waals surface area contributed by atoms with Gasteiger partial charge in [0.05, 0.1) is 7.11 Å². The number of Topliss-reactive ketones (excluding diaryl/α,β-unsaturated/α-hetero) is 1. The SMILES string of the molecule is COc1c(C(C)(C)C)cc2c(c1-c1ccccc1)CC(CC(C)(C)C)C2=O. The van der Waals surface area contributed by atoms with Crippen molar-refractivity contribution in [3.05, 3.63) is 53.1 Å². The molecule has 3 rings (SSSR count). The molecule has 1 aliphatic carbocycles. The van der Waals surface area contributed by atoms with Crippen LogP contribution >= 0.6 is 0 Å². The van der Waals surface area contributed by atoms with Crippen LogP contribution in [0.4, 0.5) is 0 Å². The van der Waals surface area contributed by atoms with Gasteiger partial charge in [0, 0.05) is 22.6 Å². The summed E-state index contributed by atoms with van der Waals surface area (Å²) in [6, 6.07) is 12.5. The first-order valence-electron chi connectivity index (χ1n) is 9.87. The maximum Gasteiger partial charge on any atom is 0.166 e. The van der Waals surface area contributed by atoms with E-state index in [2.05, 4.69) is 59.7 Å². The molecule has 0 heterocycles. The minimum atomic E-state index is -0.105. The molecule has 144 valence electrons. The Morgan fingerprint density at radius 2 is 1.67 bits per heavy atom. The molecule has 0 amide bonds. The van der Waals surface area contributed by atoms with Gasteiger partial charge < -0.3 is 4.74 Å². The van der Waals surface area contributed by atoms with Crippen LogP contribution in [0.2, 0.25) is 0 Å². The summed E-state index contributed by atoms with van der Waals surface area (Å²) in [6.45, 7) is 13.2. The standard InChI is InChI=1S/C25H32O2/c1-24(2,3)15-17-13-18-19(22(17)26)14-20(25(4,5)6)23(27-7)21(18)16-11-9-8-10-12-16/h8-12,14,17H,13,15H2,1-7H3. The van der Waals surface area contributed by atoms with Gasteiger partial charge in [0.15, 0.2) is 5.78 Å². The third-order valence-electron chi connectivity index (χ3n) is 5.41. The zero-order chi connectivity index (χ0) is 20.0. The molecule has 0 saturated carbocycles. The van der Waals surface area contributed by atoms with Crippen molar-refractivity contribution in [1.82, 2.24) is 0 Å². The highest BCUT2D eigenvalue weighted by Gasteiger charge is 2.38. The van der Waals surface area contributed by atoms with Crippen molar-refractivity contribution in [2.45, 2.75) is 59.8 Å². The molecule has 0 bridgehead atoms. The molecular formula is C25H32O2. The van der Waals surface area contributed by atoms with E-state index in [0.717, 1.165) is 46.4 Å². The Morgan fingerprint density at radius 1 is 1.04 bits per heavy atom. The van der Waals surface area contributed by atoms with Crippen molar-refractivity contribution < 1.29 is 9.53 Å². The van der Waals surface area contributed by atoms with Gasteiger partial charge in [-0.05, 0) is 40.9 Å². The average Bonchev–Trinajstić information content (AvgIpc) is 2.87. The first-order valence-corrected chi connectivity index (χ1v) is 9.87. The third-order valence-corrected chi connectivity index (χ3v) is 5.41. The number of hydrogen-bond donors (Lipinski definition) is 0. The van der Waals surface area contributed by atoms with Gasteiger partial charge in [0.1, 0.15) is 5.75 Å². The molecule has 2 aromatic rings. The minimum Gasteiger partial charge on any atom is -0.496 e. The number of fused-ring (bicyclic) bond motifs is 1. The number of ether oxygens (including phenoxy) is 1. The highest BCUT2D eigenvalue weighted by atomic mass is 16.5. The average molecular weight is 365 g/mol. The number of hydrogen-bond acceptors (Lipinski definition) is 2. The summed E-state index contributed by atoms with van der Waals surface area (Å²) < 4.78 is 5.94. The maximum absolute atomic E-state index is 13.3. The molecule has 2 heteroatoms. The Labute approximate surface area is 164 Å². The predicted octanol–water partition coefficient (Wildman–Crippen LogP) is 6.45. The van der Waals surface area contributed by atoms with Crippen molar-refractivity contribution >= 4 is 5.78 Å². The Morgan fingerprint density at radius 3 is 2.19 bits per heavy atom. The lowest BCUT2D eigenvalue weighted by atomic mass is 9.81. The molecule has 0 radical (unpaired) electrons. The molecule has 1 unspecified atom stereocenters. The lowest BCUT2D eigenvalue weighted by Crippen LogP contribution is -2.18. The van der Waals surface area contributed by atoms with E-state index < -0.39 is 0 Å². The van der Waals surface area contributed by atoms with E-state index in [0.29, 0.717) is 5.78 Å². The van der Waals surface area contributed by atoms with Crippen molar-refractivity contribution in [2.24, 2.45) is 11.3 Å². The highest BCUT2D eigenvalue weighted by molar-refractivity contribution is 6.05. The third kappa shape index (κ3) is 3.81. The lowest BCUT2D eigenvalue weighted by molar-refractivity contribution is 0.0903. The van der Waals surface area contributed by atoms with E-state index >= 15 is 0 Å². The summed E-state index contributed by atoms with van der Waals surface area (Å²) in [4.78, 5) is 13.3. The van der Waals surface area contributed by atoms with Crippen molar-refractivity contribution in [3.8, 4) is 16.9 Å². The Hall–Kier alpha value is -2.09. The number of ketones is 1. The Bertz CT molecular complexity index is 849. The molecule has 0 N–H and O–H groups in total. The maximum atomic E-state index is 13.3. The largest absolute Gasteiger partial charge is 0.496 e. The number of carbonyl (C=O) groups excluding carboxylic acids is 1. The highest BCUT2D eigenvalue weighted by Crippen LogP contribution is 2.47. The zero-order valence-corrected chi connectivity index (χ0v) is 17.8. The first kappa shape index (κ1) is 19.7. The van der Waals surface area contributed by atoms with Crippen molar-refractivity contribution in [1.29, 1.82) is 0 Å². The number of carbonyl (C=O) groups is 1. The molecule has 2 aromatic carbocycles. The second-order valence-electron chi connectivity index (χ2n) is 10.0. The van der Waals surface area contributed by atoms with Gasteiger partial charge in [-0.2, -0.15) is 0 Å². The predicted molar refractivity (Wildman–Crippen MR) is 113 cm³/mol. The first-order chi connectivity index (χ1) is 12.5. The van der Waals surface area contributed by atoms with Crippen LogP contribution in [0.15, 0.2) is 36.4 Å². The van der Waals surface area contributed by atoms with Crippen LogP contribution in [0, 0.1) is 11.3 Å². The molecule has 0 saturated heterocycles. The summed E-state index contributed by atoms with van der Waals surface area (Å²) in [7, 11) is 1.74. The summed E-state index contributed by atoms with van der Waals surface area (Å²) >= 11 is 0. The van der Waals surface area contributed by atoms with Crippen LogP contribution in [0.5, 0.6) is 5.75 Å². The smallest absolute Gasteiger partial charge is 0.166 e. The van der Waals surface area contributed by atoms with Crippen LogP contribution in [-0.2, 0) is 11.8 Å². The molecule has 2 nitrogen and oxygen atoms in total. The number of benzene rings is 2. The summed E-state index contributed by atoms with van der Waals surface area (Å²) in [5.41, 5.74) is 5.41. The van der Waals surface area contributed by atoms with Gasteiger partial charge in [0.2, 0.25) is 0 Å². The van der Waals surface area contributed by atoms with Crippen LogP contribution in [0.25, 0.3) is 11.1 Å². The molecule has 0 fully saturated rings. The fourth-order valence-corrected chi connectivity index (χ4v) is 4.28. The number of methoxy groups -OCH3 is 1. The quantitative estimate of drug-likeness (QED) is 0.625. The fraction of sp³-hybridized carbons (Fsp3) is 0.480. The molecule has 1 atom stereocenters. The Balaban J connectivity index is 2.26. The van der Waals surface area contributed by atoms with E-state index in [1.54, 1.807) is 7.11 Å². The van der Waals surface area contributed by atoms with Gasteiger partial charge in [-0.25, -0.2) is 0 Å². The second kappa shape index (κ2) is 6.82. The molecule has 0 aliphatic heterocycles. The fourth-order valence-electron chi connectivity index (χ4n) is 4.28.